The van der Waals surface area contributed by atoms with Crippen molar-refractivity contribution in [3.63, 3.8) is 0 Å². The minimum Gasteiger partial charge on any atom is -0.365 e. The molecule has 0 aliphatic heterocycles. The van der Waals surface area contributed by atoms with Crippen LogP contribution in [0.4, 0.5) is 0 Å². The van der Waals surface area contributed by atoms with Gasteiger partial charge in [-0.3, -0.25) is 9.78 Å². The quantitative estimate of drug-likeness (QED) is 0.822. The third-order valence-electron chi connectivity index (χ3n) is 4.09. The van der Waals surface area contributed by atoms with Crippen LogP contribution in [-0.4, -0.2) is 23.1 Å². The van der Waals surface area contributed by atoms with Crippen LogP contribution in [0.15, 0.2) is 42.6 Å². The molecule has 1 aliphatic rings. The van der Waals surface area contributed by atoms with E-state index in [1.165, 1.54) is 18.4 Å². The van der Waals surface area contributed by atoms with Gasteiger partial charge in [0.2, 0.25) is 5.91 Å². The second kappa shape index (κ2) is 7.28. The van der Waals surface area contributed by atoms with Gasteiger partial charge in [-0.05, 0) is 60.3 Å². The molecule has 1 aromatic heterocycles. The zero-order valence-corrected chi connectivity index (χ0v) is 14.8. The number of pyridine rings is 1. The van der Waals surface area contributed by atoms with Crippen molar-refractivity contribution >= 4 is 34.8 Å². The van der Waals surface area contributed by atoms with E-state index in [2.05, 4.69) is 15.6 Å². The molecule has 0 radical (unpaired) electrons. The topological polar surface area (TPSA) is 54.0 Å². The van der Waals surface area contributed by atoms with Gasteiger partial charge in [-0.2, -0.15) is 0 Å². The van der Waals surface area contributed by atoms with E-state index in [1.807, 2.05) is 30.3 Å². The maximum absolute atomic E-state index is 12.8. The number of nitrogens with one attached hydrogen (secondary N) is 2. The number of amides is 1. The largest absolute Gasteiger partial charge is 0.365 e. The predicted molar refractivity (Wildman–Crippen MR) is 99.3 cm³/mol. The number of halogens is 1. The zero-order valence-electron chi connectivity index (χ0n) is 13.3. The minimum atomic E-state index is -0.608. The molecule has 124 valence electrons. The van der Waals surface area contributed by atoms with E-state index in [1.54, 1.807) is 19.3 Å². The van der Waals surface area contributed by atoms with Crippen molar-refractivity contribution in [3.8, 4) is 0 Å². The molecule has 1 saturated carbocycles. The molecule has 6 heteroatoms. The van der Waals surface area contributed by atoms with Crippen molar-refractivity contribution in [2.24, 2.45) is 0 Å². The maximum Gasteiger partial charge on any atom is 0.239 e. The van der Waals surface area contributed by atoms with Gasteiger partial charge in [0.05, 0.1) is 5.69 Å². The first-order valence-corrected chi connectivity index (χ1v) is 8.61. The molecule has 3 rings (SSSR count). The van der Waals surface area contributed by atoms with Gasteiger partial charge < -0.3 is 10.6 Å². The Morgan fingerprint density at radius 1 is 1.33 bits per heavy atom. The molecule has 1 fully saturated rings. The lowest BCUT2D eigenvalue weighted by Crippen LogP contribution is -2.40. The van der Waals surface area contributed by atoms with Crippen LogP contribution in [0.2, 0.25) is 5.02 Å². The fourth-order valence-electron chi connectivity index (χ4n) is 2.68. The van der Waals surface area contributed by atoms with Crippen molar-refractivity contribution in [1.29, 1.82) is 0 Å². The first kappa shape index (κ1) is 16.9. The zero-order chi connectivity index (χ0) is 17.1. The highest BCUT2D eigenvalue weighted by Gasteiger charge is 2.29. The number of hydrogen-bond acceptors (Lipinski definition) is 3. The van der Waals surface area contributed by atoms with Crippen LogP contribution < -0.4 is 10.6 Å². The lowest BCUT2D eigenvalue weighted by atomic mass is 9.93. The van der Waals surface area contributed by atoms with Crippen molar-refractivity contribution < 1.29 is 4.79 Å². The Kier molecular flexibility index (Phi) is 5.11. The van der Waals surface area contributed by atoms with Crippen molar-refractivity contribution in [2.75, 3.05) is 7.05 Å². The third-order valence-corrected chi connectivity index (χ3v) is 4.74. The van der Waals surface area contributed by atoms with Gasteiger partial charge in [-0.15, -0.1) is 0 Å². The average Bonchev–Trinajstić information content (AvgIpc) is 3.42. The summed E-state index contributed by atoms with van der Waals surface area (Å²) < 4.78 is 0. The van der Waals surface area contributed by atoms with Crippen LogP contribution >= 0.6 is 23.8 Å². The first-order chi connectivity index (χ1) is 11.6. The number of thiocarbonyl (C=S) groups is 1. The molecule has 0 saturated heterocycles. The third kappa shape index (κ3) is 3.74. The molecular weight excluding hydrogens is 342 g/mol. The van der Waals surface area contributed by atoms with Crippen LogP contribution in [-0.2, 0) is 4.79 Å². The fourth-order valence-corrected chi connectivity index (χ4v) is 3.03. The average molecular weight is 360 g/mol. The minimum absolute atomic E-state index is 0.247. The molecule has 1 heterocycles. The number of hydrogen-bond donors (Lipinski definition) is 2. The SMILES string of the molecule is CNC(=S)NC(=O)C(c1cc(C2CC2)ccn1)c1ccccc1Cl. The monoisotopic (exact) mass is 359 g/mol. The number of rotatable bonds is 4. The number of carbonyl (C=O) groups excluding carboxylic acids is 1. The molecule has 2 aromatic rings. The molecule has 0 spiro atoms. The summed E-state index contributed by atoms with van der Waals surface area (Å²) in [4.78, 5) is 17.3. The highest BCUT2D eigenvalue weighted by atomic mass is 35.5. The smallest absolute Gasteiger partial charge is 0.239 e. The summed E-state index contributed by atoms with van der Waals surface area (Å²) in [6.45, 7) is 0. The normalized spacial score (nSPS) is 14.8. The maximum atomic E-state index is 12.8. The van der Waals surface area contributed by atoms with E-state index in [0.29, 0.717) is 16.6 Å². The van der Waals surface area contributed by atoms with Crippen LogP contribution in [0.3, 0.4) is 0 Å². The van der Waals surface area contributed by atoms with E-state index >= 15 is 0 Å². The van der Waals surface area contributed by atoms with Gasteiger partial charge in [-0.25, -0.2) is 0 Å². The molecule has 24 heavy (non-hydrogen) atoms. The summed E-state index contributed by atoms with van der Waals surface area (Å²) in [6.07, 6.45) is 4.14. The van der Waals surface area contributed by atoms with Crippen LogP contribution in [0.25, 0.3) is 0 Å². The summed E-state index contributed by atoms with van der Waals surface area (Å²) >= 11 is 11.4. The van der Waals surface area contributed by atoms with Gasteiger partial charge in [0.1, 0.15) is 5.92 Å². The Hall–Kier alpha value is -1.98. The molecule has 2 N–H and O–H groups in total. The molecule has 1 atom stereocenters. The van der Waals surface area contributed by atoms with Gasteiger partial charge in [0.15, 0.2) is 5.11 Å². The van der Waals surface area contributed by atoms with E-state index in [4.69, 9.17) is 23.8 Å². The Balaban J connectivity index is 2.01. The fraction of sp³-hybridized carbons (Fsp3) is 0.278. The standard InChI is InChI=1S/C18H18ClN3OS/c1-20-18(24)22-17(23)16(13-4-2-3-5-14(13)19)15-10-12(8-9-21-15)11-6-7-11/h2-5,8-11,16H,6-7H2,1H3,(H2,20,22,23,24). The van der Waals surface area contributed by atoms with Crippen LogP contribution in [0.5, 0.6) is 0 Å². The highest BCUT2D eigenvalue weighted by Crippen LogP contribution is 2.41. The molecule has 1 aromatic carbocycles. The molecule has 1 aliphatic carbocycles. The number of aromatic nitrogens is 1. The second-order valence-corrected chi connectivity index (χ2v) is 6.63. The Labute approximate surface area is 151 Å². The van der Waals surface area contributed by atoms with Crippen molar-refractivity contribution in [1.82, 2.24) is 15.6 Å². The van der Waals surface area contributed by atoms with Crippen LogP contribution in [0.1, 0.15) is 41.5 Å². The van der Waals surface area contributed by atoms with E-state index in [9.17, 15) is 4.79 Å². The Bertz CT molecular complexity index is 776. The van der Waals surface area contributed by atoms with E-state index in [-0.39, 0.29) is 11.0 Å². The molecule has 1 unspecified atom stereocenters. The molecule has 1 amide bonds. The first-order valence-electron chi connectivity index (χ1n) is 7.83. The Morgan fingerprint density at radius 3 is 2.75 bits per heavy atom. The van der Waals surface area contributed by atoms with Crippen molar-refractivity contribution in [3.05, 3.63) is 64.4 Å². The number of nitrogens with zero attached hydrogens (tertiary/aromatic N) is 1. The summed E-state index contributed by atoms with van der Waals surface area (Å²) in [5.74, 6) is -0.272. The summed E-state index contributed by atoms with van der Waals surface area (Å²) in [5, 5.41) is 6.26. The second-order valence-electron chi connectivity index (χ2n) is 5.81. The molecular formula is C18H18ClN3OS. The predicted octanol–water partition coefficient (Wildman–Crippen LogP) is 3.36. The number of benzene rings is 1. The summed E-state index contributed by atoms with van der Waals surface area (Å²) in [7, 11) is 1.67. The van der Waals surface area contributed by atoms with Gasteiger partial charge >= 0.3 is 0 Å². The lowest BCUT2D eigenvalue weighted by molar-refractivity contribution is -0.120. The van der Waals surface area contributed by atoms with Gasteiger partial charge in [0, 0.05) is 18.3 Å². The lowest BCUT2D eigenvalue weighted by Gasteiger charge is -2.19. The highest BCUT2D eigenvalue weighted by molar-refractivity contribution is 7.80. The Morgan fingerprint density at radius 2 is 2.08 bits per heavy atom. The molecule has 0 bridgehead atoms. The van der Waals surface area contributed by atoms with Crippen LogP contribution in [0, 0.1) is 0 Å². The van der Waals surface area contributed by atoms with Gasteiger partial charge in [-0.1, -0.05) is 29.8 Å². The van der Waals surface area contributed by atoms with E-state index < -0.39 is 5.92 Å². The van der Waals surface area contributed by atoms with Gasteiger partial charge in [0.25, 0.3) is 0 Å². The van der Waals surface area contributed by atoms with E-state index in [0.717, 1.165) is 5.56 Å². The summed E-state index contributed by atoms with van der Waals surface area (Å²) in [6, 6.07) is 11.4. The molecule has 4 nitrogen and oxygen atoms in total. The number of carbonyl (C=O) groups is 1. The summed E-state index contributed by atoms with van der Waals surface area (Å²) in [5.41, 5.74) is 2.63. The van der Waals surface area contributed by atoms with Crippen molar-refractivity contribution in [2.45, 2.75) is 24.7 Å².